The van der Waals surface area contributed by atoms with Gasteiger partial charge in [0.15, 0.2) is 5.65 Å². The van der Waals surface area contributed by atoms with E-state index in [0.717, 1.165) is 12.0 Å². The summed E-state index contributed by atoms with van der Waals surface area (Å²) in [7, 11) is 1.61. The minimum atomic E-state index is -0.324. The summed E-state index contributed by atoms with van der Waals surface area (Å²) in [6.45, 7) is 4.57. The van der Waals surface area contributed by atoms with Gasteiger partial charge in [-0.3, -0.25) is 4.79 Å². The van der Waals surface area contributed by atoms with Crippen molar-refractivity contribution in [1.82, 2.24) is 20.3 Å². The van der Waals surface area contributed by atoms with Gasteiger partial charge in [-0.05, 0) is 31.2 Å². The Labute approximate surface area is 186 Å². The number of pyridine rings is 1. The number of benzene rings is 1. The number of morpholine rings is 1. The van der Waals surface area contributed by atoms with Crippen molar-refractivity contribution in [2.75, 3.05) is 44.0 Å². The number of carbonyl (C=O) groups is 1. The van der Waals surface area contributed by atoms with E-state index in [1.807, 2.05) is 30.3 Å². The first-order valence-corrected chi connectivity index (χ1v) is 10.7. The fraction of sp³-hybridized carbons (Fsp3) is 0.391. The molecule has 3 N–H and O–H groups in total. The smallest absolute Gasteiger partial charge is 0.251 e. The Bertz CT molecular complexity index is 1180. The van der Waals surface area contributed by atoms with Gasteiger partial charge in [-0.1, -0.05) is 12.1 Å². The van der Waals surface area contributed by atoms with E-state index in [-0.39, 0.29) is 17.6 Å². The van der Waals surface area contributed by atoms with Crippen LogP contribution in [0.1, 0.15) is 23.7 Å². The highest BCUT2D eigenvalue weighted by molar-refractivity contribution is 5.95. The number of nitrogens with two attached hydrogens (primary N) is 1. The molecule has 0 saturated carbocycles. The van der Waals surface area contributed by atoms with E-state index >= 15 is 0 Å². The quantitative estimate of drug-likeness (QED) is 0.643. The van der Waals surface area contributed by atoms with Crippen LogP contribution < -0.4 is 16.0 Å². The minimum Gasteiger partial charge on any atom is -0.383 e. The predicted octanol–water partition coefficient (Wildman–Crippen LogP) is 2.02. The highest BCUT2D eigenvalue weighted by Crippen LogP contribution is 2.33. The number of hydrogen-bond acceptors (Lipinski definition) is 8. The highest BCUT2D eigenvalue weighted by atomic mass is 16.6. The summed E-state index contributed by atoms with van der Waals surface area (Å²) in [4.78, 5) is 28.3. The van der Waals surface area contributed by atoms with Crippen LogP contribution in [0.5, 0.6) is 0 Å². The molecule has 1 spiro atoms. The van der Waals surface area contributed by atoms with E-state index in [0.29, 0.717) is 60.4 Å². The van der Waals surface area contributed by atoms with Crippen LogP contribution in [0, 0.1) is 0 Å². The van der Waals surface area contributed by atoms with Gasteiger partial charge in [0.1, 0.15) is 11.4 Å². The van der Waals surface area contributed by atoms with Crippen LogP contribution in [0.25, 0.3) is 22.3 Å². The first-order chi connectivity index (χ1) is 15.5. The molecule has 9 heteroatoms. The summed E-state index contributed by atoms with van der Waals surface area (Å²) in [6.07, 6.45) is 0.851. The molecule has 2 aliphatic heterocycles. The Kier molecular flexibility index (Phi) is 5.15. The van der Waals surface area contributed by atoms with Crippen LogP contribution in [-0.2, 0) is 9.47 Å². The lowest BCUT2D eigenvalue weighted by Crippen LogP contribution is -2.56. The van der Waals surface area contributed by atoms with Crippen LogP contribution in [0.15, 0.2) is 36.4 Å². The predicted molar refractivity (Wildman–Crippen MR) is 121 cm³/mol. The molecule has 3 aromatic rings. The lowest BCUT2D eigenvalue weighted by molar-refractivity contribution is -0.0704. The number of nitrogens with zero attached hydrogens (tertiary/aromatic N) is 4. The van der Waals surface area contributed by atoms with Gasteiger partial charge in [0.05, 0.1) is 36.9 Å². The van der Waals surface area contributed by atoms with Crippen molar-refractivity contribution < 1.29 is 14.3 Å². The Morgan fingerprint density at radius 2 is 2.12 bits per heavy atom. The molecule has 0 radical (unpaired) electrons. The van der Waals surface area contributed by atoms with Crippen molar-refractivity contribution in [2.24, 2.45) is 0 Å². The number of hydrogen-bond donors (Lipinski definition) is 2. The van der Waals surface area contributed by atoms with Crippen molar-refractivity contribution in [3.63, 3.8) is 0 Å². The third-order valence-corrected chi connectivity index (χ3v) is 6.17. The maximum atomic E-state index is 12.0. The summed E-state index contributed by atoms with van der Waals surface area (Å²) in [5.41, 5.74) is 8.60. The average Bonchev–Trinajstić information content (AvgIpc) is 3.28. The fourth-order valence-corrected chi connectivity index (χ4v) is 4.27. The summed E-state index contributed by atoms with van der Waals surface area (Å²) in [5, 5.41) is 3.34. The molecular formula is C23H26N6O3. The van der Waals surface area contributed by atoms with Crippen molar-refractivity contribution in [3.05, 3.63) is 42.0 Å². The van der Waals surface area contributed by atoms with Gasteiger partial charge < -0.3 is 25.4 Å². The van der Waals surface area contributed by atoms with Crippen LogP contribution >= 0.6 is 0 Å². The average molecular weight is 435 g/mol. The number of aromatic nitrogens is 3. The topological polar surface area (TPSA) is 115 Å². The Balaban J connectivity index is 1.53. The minimum absolute atomic E-state index is 0.102. The molecule has 2 aromatic heterocycles. The molecule has 0 aliphatic carbocycles. The maximum absolute atomic E-state index is 12.0. The number of rotatable bonds is 3. The van der Waals surface area contributed by atoms with E-state index in [9.17, 15) is 4.79 Å². The summed E-state index contributed by atoms with van der Waals surface area (Å²) in [6, 6.07) is 11.2. The molecule has 2 saturated heterocycles. The molecule has 1 aromatic carbocycles. The molecule has 0 unspecified atom stereocenters. The summed E-state index contributed by atoms with van der Waals surface area (Å²) >= 11 is 0. The van der Waals surface area contributed by atoms with E-state index < -0.39 is 0 Å². The third-order valence-electron chi connectivity index (χ3n) is 6.17. The normalized spacial score (nSPS) is 23.1. The number of anilines is 2. The van der Waals surface area contributed by atoms with Gasteiger partial charge in [-0.25, -0.2) is 4.98 Å². The lowest BCUT2D eigenvalue weighted by Gasteiger charge is -2.43. The summed E-state index contributed by atoms with van der Waals surface area (Å²) < 4.78 is 11.7. The lowest BCUT2D eigenvalue weighted by atomic mass is 9.99. The van der Waals surface area contributed by atoms with Crippen LogP contribution in [-0.4, -0.2) is 65.9 Å². The van der Waals surface area contributed by atoms with Gasteiger partial charge >= 0.3 is 0 Å². The maximum Gasteiger partial charge on any atom is 0.251 e. The van der Waals surface area contributed by atoms with Gasteiger partial charge in [-0.2, -0.15) is 9.97 Å². The second-order valence-electron chi connectivity index (χ2n) is 8.41. The first-order valence-electron chi connectivity index (χ1n) is 10.7. The highest BCUT2D eigenvalue weighted by Gasteiger charge is 2.43. The third kappa shape index (κ3) is 3.63. The number of carbonyl (C=O) groups excluding carboxylic acids is 1. The largest absolute Gasteiger partial charge is 0.383 e. The van der Waals surface area contributed by atoms with E-state index in [1.165, 1.54) is 0 Å². The molecule has 2 atom stereocenters. The number of ether oxygens (including phenoxy) is 2. The second kappa shape index (κ2) is 7.99. The number of amides is 1. The monoisotopic (exact) mass is 434 g/mol. The summed E-state index contributed by atoms with van der Waals surface area (Å²) in [5.74, 6) is 0.784. The molecule has 2 fully saturated rings. The van der Waals surface area contributed by atoms with Gasteiger partial charge in [-0.15, -0.1) is 0 Å². The molecule has 1 amide bonds. The van der Waals surface area contributed by atoms with Crippen LogP contribution in [0.2, 0.25) is 0 Å². The fourth-order valence-electron chi connectivity index (χ4n) is 4.27. The molecule has 9 nitrogen and oxygen atoms in total. The molecule has 4 heterocycles. The second-order valence-corrected chi connectivity index (χ2v) is 8.41. The number of nitrogens with one attached hydrogen (secondary N) is 1. The van der Waals surface area contributed by atoms with E-state index in [4.69, 9.17) is 25.2 Å². The zero-order chi connectivity index (χ0) is 22.3. The molecule has 32 heavy (non-hydrogen) atoms. The SMILES string of the molecule is CNC(=O)c1cccc(-c2ccc3c(N)nc(N4C[C@@]5(CCOC5)OC[C@@H]4C)nc3n2)c1. The van der Waals surface area contributed by atoms with Gasteiger partial charge in [0, 0.05) is 31.2 Å². The first kappa shape index (κ1) is 20.6. The number of nitrogen functional groups attached to an aromatic ring is 1. The Hall–Kier alpha value is -3.30. The van der Waals surface area contributed by atoms with Crippen molar-refractivity contribution in [3.8, 4) is 11.3 Å². The molecular weight excluding hydrogens is 408 g/mol. The number of fused-ring (bicyclic) bond motifs is 1. The molecule has 2 aliphatic rings. The van der Waals surface area contributed by atoms with Crippen LogP contribution in [0.4, 0.5) is 11.8 Å². The zero-order valence-electron chi connectivity index (χ0n) is 18.2. The van der Waals surface area contributed by atoms with Crippen molar-refractivity contribution >= 4 is 28.7 Å². The van der Waals surface area contributed by atoms with Crippen LogP contribution in [0.3, 0.4) is 0 Å². The molecule has 166 valence electrons. The Morgan fingerprint density at radius 1 is 1.25 bits per heavy atom. The van der Waals surface area contributed by atoms with E-state index in [1.54, 1.807) is 13.1 Å². The van der Waals surface area contributed by atoms with Crippen molar-refractivity contribution in [1.29, 1.82) is 0 Å². The molecule has 5 rings (SSSR count). The standard InChI is InChI=1S/C23H26N6O3/c1-14-11-32-23(8-9-31-13-23)12-29(14)22-27-19(24)17-6-7-18(26-20(17)28-22)15-4-3-5-16(10-15)21(30)25-2/h3-7,10,14H,8-9,11-13H2,1-2H3,(H,25,30)(H2,24,26,27,28)/t14-,23+/m0/s1. The van der Waals surface area contributed by atoms with Gasteiger partial charge in [0.2, 0.25) is 5.95 Å². The zero-order valence-corrected chi connectivity index (χ0v) is 18.2. The molecule has 0 bridgehead atoms. The Morgan fingerprint density at radius 3 is 2.91 bits per heavy atom. The van der Waals surface area contributed by atoms with E-state index in [2.05, 4.69) is 22.1 Å². The van der Waals surface area contributed by atoms with Gasteiger partial charge in [0.25, 0.3) is 5.91 Å². The van der Waals surface area contributed by atoms with Crippen molar-refractivity contribution in [2.45, 2.75) is 25.0 Å².